The van der Waals surface area contributed by atoms with Crippen LogP contribution in [0.25, 0.3) is 0 Å². The predicted molar refractivity (Wildman–Crippen MR) is 58.0 cm³/mol. The molecular weight excluding hydrogens is 292 g/mol. The molecule has 0 aromatic heterocycles. The van der Waals surface area contributed by atoms with Crippen molar-refractivity contribution in [3.63, 3.8) is 0 Å². The van der Waals surface area contributed by atoms with Gasteiger partial charge < -0.3 is 10.8 Å². The topological polar surface area (TPSA) is 92.4 Å². The smallest absolute Gasteiger partial charge is 0.283 e. The van der Waals surface area contributed by atoms with Gasteiger partial charge in [0.05, 0.1) is 6.54 Å². The number of sulfonamides is 1. The van der Waals surface area contributed by atoms with Gasteiger partial charge in [0.1, 0.15) is 11.5 Å². The summed E-state index contributed by atoms with van der Waals surface area (Å²) in [7, 11) is -4.72. The molecule has 0 unspecified atom stereocenters. The van der Waals surface area contributed by atoms with Gasteiger partial charge in [-0.1, -0.05) is 0 Å². The van der Waals surface area contributed by atoms with Gasteiger partial charge in [0.2, 0.25) is 10.0 Å². The van der Waals surface area contributed by atoms with Gasteiger partial charge in [-0.3, -0.25) is 0 Å². The van der Waals surface area contributed by atoms with Gasteiger partial charge in [-0.2, -0.15) is 0 Å². The van der Waals surface area contributed by atoms with Gasteiger partial charge in [-0.05, 0) is 12.1 Å². The van der Waals surface area contributed by atoms with E-state index in [0.717, 1.165) is 0 Å². The van der Waals surface area contributed by atoms with E-state index in [1.54, 1.807) is 0 Å². The Labute approximate surface area is 106 Å². The summed E-state index contributed by atoms with van der Waals surface area (Å²) in [5.74, 6) is -6.97. The monoisotopic (exact) mass is 302 g/mol. The van der Waals surface area contributed by atoms with E-state index >= 15 is 0 Å². The Balaban J connectivity index is 3.08. The number of hydrogen-bond donors (Lipinski definition) is 3. The molecule has 0 fully saturated rings. The molecule has 1 rings (SSSR count). The molecule has 0 saturated heterocycles. The van der Waals surface area contributed by atoms with Crippen molar-refractivity contribution in [1.82, 2.24) is 4.72 Å². The van der Waals surface area contributed by atoms with E-state index in [1.807, 2.05) is 0 Å². The van der Waals surface area contributed by atoms with Crippen LogP contribution in [-0.2, 0) is 10.0 Å². The summed E-state index contributed by atoms with van der Waals surface area (Å²) in [6, 6.07) is 1.15. The lowest BCUT2D eigenvalue weighted by molar-refractivity contribution is -0.0437. The second-order valence-corrected chi connectivity index (χ2v) is 5.39. The van der Waals surface area contributed by atoms with Crippen LogP contribution >= 0.6 is 0 Å². The third-order valence-corrected chi connectivity index (χ3v) is 3.46. The molecule has 5 nitrogen and oxygen atoms in total. The molecule has 0 spiro atoms. The Morgan fingerprint density at radius 1 is 1.32 bits per heavy atom. The molecule has 10 heteroatoms. The number of anilines is 1. The largest absolute Gasteiger partial charge is 0.399 e. The molecule has 0 radical (unpaired) electrons. The number of nitrogen functional groups attached to an aromatic ring is 1. The predicted octanol–water partition coefficient (Wildman–Crippen LogP) is 0.453. The third-order valence-electron chi connectivity index (χ3n) is 2.06. The molecule has 0 aliphatic carbocycles. The van der Waals surface area contributed by atoms with E-state index in [1.165, 1.54) is 4.72 Å². The Morgan fingerprint density at radius 3 is 2.42 bits per heavy atom. The summed E-state index contributed by atoms with van der Waals surface area (Å²) in [6.45, 7) is -3.05. The molecule has 1 aromatic rings. The summed E-state index contributed by atoms with van der Waals surface area (Å²) in [6.07, 6.45) is 0. The van der Waals surface area contributed by atoms with Crippen LogP contribution in [0.4, 0.5) is 23.2 Å². The number of alkyl halides is 2. The average Bonchev–Trinajstić information content (AvgIpc) is 2.31. The number of aliphatic hydroxyl groups excluding tert-OH is 1. The van der Waals surface area contributed by atoms with Crippen LogP contribution in [-0.4, -0.2) is 32.6 Å². The molecule has 0 atom stereocenters. The van der Waals surface area contributed by atoms with E-state index in [9.17, 15) is 26.0 Å². The standard InChI is InChI=1S/C9H10F4N2O3S/c10-6-1-5(14)2-7(8(6)11)19(17,18)15-3-9(12,13)4-16/h1-2,15-16H,3-4,14H2. The summed E-state index contributed by atoms with van der Waals surface area (Å²) < 4.78 is 76.1. The fourth-order valence-electron chi connectivity index (χ4n) is 1.11. The highest BCUT2D eigenvalue weighted by Crippen LogP contribution is 2.21. The highest BCUT2D eigenvalue weighted by atomic mass is 32.2. The number of nitrogens with one attached hydrogen (secondary N) is 1. The van der Waals surface area contributed by atoms with Gasteiger partial charge in [-0.15, -0.1) is 0 Å². The zero-order chi connectivity index (χ0) is 14.8. The van der Waals surface area contributed by atoms with Crippen LogP contribution in [0.15, 0.2) is 17.0 Å². The molecule has 0 aliphatic heterocycles. The van der Waals surface area contributed by atoms with Gasteiger partial charge in [0.15, 0.2) is 11.6 Å². The van der Waals surface area contributed by atoms with E-state index in [2.05, 4.69) is 0 Å². The highest BCUT2D eigenvalue weighted by Gasteiger charge is 2.31. The average molecular weight is 302 g/mol. The summed E-state index contributed by atoms with van der Waals surface area (Å²) in [5, 5.41) is 8.27. The first-order valence-electron chi connectivity index (χ1n) is 4.82. The first kappa shape index (κ1) is 15.7. The normalized spacial score (nSPS) is 12.7. The van der Waals surface area contributed by atoms with Crippen molar-refractivity contribution in [1.29, 1.82) is 0 Å². The number of benzene rings is 1. The number of hydrogen-bond acceptors (Lipinski definition) is 4. The molecule has 0 heterocycles. The fraction of sp³-hybridized carbons (Fsp3) is 0.333. The summed E-state index contributed by atoms with van der Waals surface area (Å²) in [5.41, 5.74) is 4.76. The molecule has 1 aromatic carbocycles. The fourth-order valence-corrected chi connectivity index (χ4v) is 2.29. The minimum atomic E-state index is -4.72. The molecule has 0 amide bonds. The molecule has 0 saturated carbocycles. The van der Waals surface area contributed by atoms with Crippen LogP contribution in [0.2, 0.25) is 0 Å². The molecule has 108 valence electrons. The lowest BCUT2D eigenvalue weighted by Crippen LogP contribution is -2.39. The summed E-state index contributed by atoms with van der Waals surface area (Å²) >= 11 is 0. The first-order chi connectivity index (χ1) is 8.59. The van der Waals surface area contributed by atoms with E-state index in [0.29, 0.717) is 12.1 Å². The zero-order valence-corrected chi connectivity index (χ0v) is 10.1. The van der Waals surface area contributed by atoms with Gasteiger partial charge in [0.25, 0.3) is 5.92 Å². The Bertz CT molecular complexity index is 577. The molecule has 0 aliphatic rings. The van der Waals surface area contributed by atoms with Gasteiger partial charge in [-0.25, -0.2) is 30.7 Å². The highest BCUT2D eigenvalue weighted by molar-refractivity contribution is 7.89. The lowest BCUT2D eigenvalue weighted by atomic mass is 10.3. The van der Waals surface area contributed by atoms with Crippen molar-refractivity contribution in [2.75, 3.05) is 18.9 Å². The molecule has 4 N–H and O–H groups in total. The number of rotatable bonds is 5. The van der Waals surface area contributed by atoms with Crippen molar-refractivity contribution < 1.29 is 31.1 Å². The quantitative estimate of drug-likeness (QED) is 0.544. The second kappa shape index (κ2) is 5.31. The van der Waals surface area contributed by atoms with E-state index in [4.69, 9.17) is 10.8 Å². The van der Waals surface area contributed by atoms with Crippen LogP contribution in [0.5, 0.6) is 0 Å². The SMILES string of the molecule is Nc1cc(F)c(F)c(S(=O)(=O)NCC(F)(F)CO)c1. The Morgan fingerprint density at radius 2 is 1.89 bits per heavy atom. The maximum atomic E-state index is 13.3. The Kier molecular flexibility index (Phi) is 4.38. The van der Waals surface area contributed by atoms with Crippen molar-refractivity contribution >= 4 is 15.7 Å². The van der Waals surface area contributed by atoms with Gasteiger partial charge in [0, 0.05) is 5.69 Å². The number of nitrogens with two attached hydrogens (primary N) is 1. The second-order valence-electron chi connectivity index (χ2n) is 3.65. The number of aliphatic hydroxyl groups is 1. The van der Waals surface area contributed by atoms with Crippen LogP contribution in [0.3, 0.4) is 0 Å². The van der Waals surface area contributed by atoms with E-state index < -0.39 is 45.6 Å². The van der Waals surface area contributed by atoms with Crippen molar-refractivity contribution in [2.24, 2.45) is 0 Å². The minimum Gasteiger partial charge on any atom is -0.399 e. The maximum absolute atomic E-state index is 13.3. The van der Waals surface area contributed by atoms with Crippen LogP contribution in [0.1, 0.15) is 0 Å². The van der Waals surface area contributed by atoms with Crippen molar-refractivity contribution in [2.45, 2.75) is 10.8 Å². The first-order valence-corrected chi connectivity index (χ1v) is 6.30. The lowest BCUT2D eigenvalue weighted by Gasteiger charge is -2.14. The molecule has 0 bridgehead atoms. The summed E-state index contributed by atoms with van der Waals surface area (Å²) in [4.78, 5) is -1.18. The molecule has 19 heavy (non-hydrogen) atoms. The van der Waals surface area contributed by atoms with Crippen molar-refractivity contribution in [3.05, 3.63) is 23.8 Å². The maximum Gasteiger partial charge on any atom is 0.283 e. The molecular formula is C9H10F4N2O3S. The van der Waals surface area contributed by atoms with Crippen LogP contribution < -0.4 is 10.5 Å². The third kappa shape index (κ3) is 3.78. The zero-order valence-electron chi connectivity index (χ0n) is 9.33. The van der Waals surface area contributed by atoms with Crippen LogP contribution in [0, 0.1) is 11.6 Å². The minimum absolute atomic E-state index is 0.381. The number of halogens is 4. The van der Waals surface area contributed by atoms with Crippen molar-refractivity contribution in [3.8, 4) is 0 Å². The van der Waals surface area contributed by atoms with Gasteiger partial charge >= 0.3 is 0 Å². The Hall–Kier alpha value is -1.39. The van der Waals surface area contributed by atoms with E-state index in [-0.39, 0.29) is 5.69 Å².